The number of nitrogens with one attached hydrogen (secondary N) is 1. The van der Waals surface area contributed by atoms with Crippen LogP contribution in [0.15, 0.2) is 48.0 Å². The average molecular weight is 426 g/mol. The Morgan fingerprint density at radius 1 is 1.30 bits per heavy atom. The quantitative estimate of drug-likeness (QED) is 0.572. The fourth-order valence-corrected chi connectivity index (χ4v) is 4.04. The van der Waals surface area contributed by atoms with Gasteiger partial charge in [-0.05, 0) is 23.4 Å². The number of thiophene rings is 1. The summed E-state index contributed by atoms with van der Waals surface area (Å²) in [6.45, 7) is 1.56. The number of ether oxygens (including phenoxy) is 1. The zero-order chi connectivity index (χ0) is 20.9. The highest BCUT2D eigenvalue weighted by Gasteiger charge is 2.28. The molecule has 3 heterocycles. The van der Waals surface area contributed by atoms with Crippen molar-refractivity contribution in [3.05, 3.63) is 58.4 Å². The first-order chi connectivity index (χ1) is 14.6. The Balaban J connectivity index is 1.39. The van der Waals surface area contributed by atoms with Crippen LogP contribution >= 0.6 is 11.3 Å². The van der Waals surface area contributed by atoms with Crippen molar-refractivity contribution < 1.29 is 19.4 Å². The largest absolute Gasteiger partial charge is 0.480 e. The van der Waals surface area contributed by atoms with E-state index in [0.29, 0.717) is 26.2 Å². The van der Waals surface area contributed by atoms with Crippen LogP contribution in [0.25, 0.3) is 11.3 Å². The maximum absolute atomic E-state index is 12.2. The lowest BCUT2D eigenvalue weighted by Crippen LogP contribution is -2.45. The molecule has 0 aliphatic carbocycles. The molecule has 1 fully saturated rings. The van der Waals surface area contributed by atoms with E-state index < -0.39 is 12.0 Å². The highest BCUT2D eigenvalue weighted by atomic mass is 32.1. The fraction of sp³-hybridized carbons (Fsp3) is 0.333. The highest BCUT2D eigenvalue weighted by molar-refractivity contribution is 7.09. The fourth-order valence-electron chi connectivity index (χ4n) is 3.35. The third-order valence-corrected chi connectivity index (χ3v) is 5.90. The highest BCUT2D eigenvalue weighted by Crippen LogP contribution is 2.19. The van der Waals surface area contributed by atoms with E-state index >= 15 is 0 Å². The van der Waals surface area contributed by atoms with Crippen LogP contribution in [0.2, 0.25) is 0 Å². The van der Waals surface area contributed by atoms with Crippen LogP contribution in [0.3, 0.4) is 0 Å². The van der Waals surface area contributed by atoms with Gasteiger partial charge >= 0.3 is 5.97 Å². The minimum absolute atomic E-state index is 0.208. The first-order valence-electron chi connectivity index (χ1n) is 9.71. The van der Waals surface area contributed by atoms with Crippen molar-refractivity contribution in [1.82, 2.24) is 20.3 Å². The van der Waals surface area contributed by atoms with Gasteiger partial charge in [-0.2, -0.15) is 0 Å². The number of nitrogens with zero attached hydrogens (tertiary/aromatic N) is 3. The molecule has 1 aromatic carbocycles. The molecule has 1 aliphatic heterocycles. The van der Waals surface area contributed by atoms with Crippen molar-refractivity contribution in [1.29, 1.82) is 0 Å². The summed E-state index contributed by atoms with van der Waals surface area (Å²) in [7, 11) is 0. The number of aromatic nitrogens is 3. The summed E-state index contributed by atoms with van der Waals surface area (Å²) in [5.41, 5.74) is 2.47. The van der Waals surface area contributed by atoms with Crippen molar-refractivity contribution >= 4 is 23.2 Å². The number of carboxylic acids is 1. The third kappa shape index (κ3) is 4.92. The number of carbonyl (C=O) groups is 2. The Morgan fingerprint density at radius 2 is 2.13 bits per heavy atom. The summed E-state index contributed by atoms with van der Waals surface area (Å²) in [5, 5.41) is 22.6. The van der Waals surface area contributed by atoms with Gasteiger partial charge in [-0.15, -0.1) is 16.4 Å². The van der Waals surface area contributed by atoms with Gasteiger partial charge < -0.3 is 15.2 Å². The molecule has 1 aliphatic rings. The Labute approximate surface area is 177 Å². The Kier molecular flexibility index (Phi) is 6.20. The van der Waals surface area contributed by atoms with Gasteiger partial charge in [-0.1, -0.05) is 35.5 Å². The van der Waals surface area contributed by atoms with Gasteiger partial charge in [0.05, 0.1) is 25.3 Å². The van der Waals surface area contributed by atoms with Crippen LogP contribution in [0.1, 0.15) is 16.9 Å². The van der Waals surface area contributed by atoms with Gasteiger partial charge in [0.2, 0.25) is 5.91 Å². The van der Waals surface area contributed by atoms with Crippen molar-refractivity contribution in [2.24, 2.45) is 5.92 Å². The van der Waals surface area contributed by atoms with Gasteiger partial charge in [-0.25, -0.2) is 9.48 Å². The van der Waals surface area contributed by atoms with Gasteiger partial charge in [0.25, 0.3) is 0 Å². The molecule has 9 heteroatoms. The molecular formula is C21H22N4O4S. The van der Waals surface area contributed by atoms with Crippen LogP contribution in [0.5, 0.6) is 0 Å². The zero-order valence-electron chi connectivity index (χ0n) is 16.2. The first-order valence-corrected chi connectivity index (χ1v) is 10.6. The van der Waals surface area contributed by atoms with Crippen LogP contribution in [-0.2, 0) is 27.3 Å². The average Bonchev–Trinajstić information content (AvgIpc) is 3.51. The molecule has 156 valence electrons. The van der Waals surface area contributed by atoms with E-state index in [-0.39, 0.29) is 18.2 Å². The number of carboxylic acid groups (broad SMARTS) is 1. The molecule has 0 radical (unpaired) electrons. The molecular weight excluding hydrogens is 404 g/mol. The van der Waals surface area contributed by atoms with E-state index in [0.717, 1.165) is 16.8 Å². The third-order valence-electron chi connectivity index (χ3n) is 5.04. The van der Waals surface area contributed by atoms with E-state index in [1.807, 2.05) is 41.9 Å². The predicted molar refractivity (Wildman–Crippen MR) is 111 cm³/mol. The monoisotopic (exact) mass is 426 g/mol. The van der Waals surface area contributed by atoms with E-state index in [2.05, 4.69) is 21.7 Å². The lowest BCUT2D eigenvalue weighted by atomic mass is 10.0. The number of benzene rings is 1. The maximum Gasteiger partial charge on any atom is 0.326 e. The normalized spacial score (nSPS) is 17.0. The lowest BCUT2D eigenvalue weighted by Gasteiger charge is -2.17. The number of hydrogen-bond donors (Lipinski definition) is 2. The molecule has 0 saturated carbocycles. The van der Waals surface area contributed by atoms with Crippen LogP contribution in [0, 0.1) is 5.92 Å². The molecule has 1 amide bonds. The lowest BCUT2D eigenvalue weighted by molar-refractivity contribution is -0.142. The van der Waals surface area contributed by atoms with E-state index in [4.69, 9.17) is 4.74 Å². The number of rotatable bonds is 8. The molecule has 2 atom stereocenters. The zero-order valence-corrected chi connectivity index (χ0v) is 17.0. The second kappa shape index (κ2) is 9.19. The second-order valence-corrected chi connectivity index (χ2v) is 8.27. The van der Waals surface area contributed by atoms with Crippen LogP contribution in [-0.4, -0.2) is 51.2 Å². The molecule has 1 saturated heterocycles. The molecule has 8 nitrogen and oxygen atoms in total. The molecule has 30 heavy (non-hydrogen) atoms. The SMILES string of the molecule is O=C(N[C@@H](Cc1ccc(-c2cn(Cc3cccs3)nn2)cc1)C(=O)O)C1CCOC1. The van der Waals surface area contributed by atoms with Gasteiger partial charge in [-0.3, -0.25) is 4.79 Å². The topological polar surface area (TPSA) is 106 Å². The summed E-state index contributed by atoms with van der Waals surface area (Å²) in [6.07, 6.45) is 2.72. The minimum atomic E-state index is -1.05. The van der Waals surface area contributed by atoms with Crippen molar-refractivity contribution in [3.63, 3.8) is 0 Å². The smallest absolute Gasteiger partial charge is 0.326 e. The molecule has 1 unspecified atom stereocenters. The number of hydrogen-bond acceptors (Lipinski definition) is 6. The summed E-state index contributed by atoms with van der Waals surface area (Å²) in [5.74, 6) is -1.59. The molecule has 2 aromatic heterocycles. The Bertz CT molecular complexity index is 994. The summed E-state index contributed by atoms with van der Waals surface area (Å²) in [4.78, 5) is 25.0. The van der Waals surface area contributed by atoms with Crippen LogP contribution < -0.4 is 5.32 Å². The Morgan fingerprint density at radius 3 is 2.80 bits per heavy atom. The molecule has 3 aromatic rings. The molecule has 2 N–H and O–H groups in total. The van der Waals surface area contributed by atoms with E-state index in [9.17, 15) is 14.7 Å². The number of aliphatic carboxylic acids is 1. The minimum Gasteiger partial charge on any atom is -0.480 e. The van der Waals surface area contributed by atoms with Gasteiger partial charge in [0.15, 0.2) is 0 Å². The maximum atomic E-state index is 12.2. The number of amides is 1. The molecule has 0 spiro atoms. The Hall–Kier alpha value is -3.04. The summed E-state index contributed by atoms with van der Waals surface area (Å²) >= 11 is 1.67. The molecule has 0 bridgehead atoms. The van der Waals surface area contributed by atoms with E-state index in [1.54, 1.807) is 16.0 Å². The van der Waals surface area contributed by atoms with Crippen molar-refractivity contribution in [2.75, 3.05) is 13.2 Å². The predicted octanol–water partition coefficient (Wildman–Crippen LogP) is 2.20. The summed E-state index contributed by atoms with van der Waals surface area (Å²) in [6, 6.07) is 10.6. The van der Waals surface area contributed by atoms with Gasteiger partial charge in [0.1, 0.15) is 11.7 Å². The van der Waals surface area contributed by atoms with Crippen molar-refractivity contribution in [3.8, 4) is 11.3 Å². The summed E-state index contributed by atoms with van der Waals surface area (Å²) < 4.78 is 6.99. The first kappa shape index (κ1) is 20.2. The van der Waals surface area contributed by atoms with Crippen LogP contribution in [0.4, 0.5) is 0 Å². The van der Waals surface area contributed by atoms with Crippen molar-refractivity contribution in [2.45, 2.75) is 25.4 Å². The standard InChI is InChI=1S/C21H22N4O4S/c26-20(16-7-8-29-13-16)22-18(21(27)28)10-14-3-5-15(6-4-14)19-12-25(24-23-19)11-17-2-1-9-30-17/h1-6,9,12,16,18H,7-8,10-11,13H2,(H,22,26)(H,27,28)/t16?,18-/m0/s1. The second-order valence-electron chi connectivity index (χ2n) is 7.24. The number of carbonyl (C=O) groups excluding carboxylic acids is 1. The van der Waals surface area contributed by atoms with E-state index in [1.165, 1.54) is 4.88 Å². The van der Waals surface area contributed by atoms with Gasteiger partial charge in [0, 0.05) is 23.5 Å². The molecule has 4 rings (SSSR count).